The summed E-state index contributed by atoms with van der Waals surface area (Å²) in [5, 5.41) is 11.8. The molecule has 3 aromatic rings. The lowest BCUT2D eigenvalue weighted by Crippen LogP contribution is -2.48. The van der Waals surface area contributed by atoms with Gasteiger partial charge in [-0.1, -0.05) is 0 Å². The Bertz CT molecular complexity index is 1230. The Hall–Kier alpha value is -3.69. The molecule has 1 N–H and O–H groups in total. The second-order valence-corrected chi connectivity index (χ2v) is 9.32. The number of nitrogens with zero attached hydrogens (tertiary/aromatic N) is 6. The molecule has 0 radical (unpaired) electrons. The van der Waals surface area contributed by atoms with E-state index in [2.05, 4.69) is 4.90 Å². The molecular weight excluding hydrogens is 460 g/mol. The van der Waals surface area contributed by atoms with Crippen LogP contribution in [0.5, 0.6) is 17.4 Å². The number of anilines is 2. The number of hydrogen-bond acceptors (Lipinski definition) is 8. The molecule has 1 aliphatic rings. The van der Waals surface area contributed by atoms with Gasteiger partial charge in [-0.2, -0.15) is 4.98 Å². The molecule has 0 aliphatic carbocycles. The summed E-state index contributed by atoms with van der Waals surface area (Å²) in [6.07, 6.45) is 1.91. The van der Waals surface area contributed by atoms with Crippen LogP contribution in [0.3, 0.4) is 0 Å². The number of aromatic nitrogens is 3. The fraction of sp³-hybridized carbons (Fsp3) is 0.500. The number of aromatic hydroxyl groups is 1. The van der Waals surface area contributed by atoms with Crippen LogP contribution in [0.1, 0.15) is 39.3 Å². The molecule has 10 heteroatoms. The molecule has 2 aromatic heterocycles. The zero-order valence-electron chi connectivity index (χ0n) is 22.0. The van der Waals surface area contributed by atoms with Crippen molar-refractivity contribution in [1.82, 2.24) is 19.4 Å². The first-order valence-electron chi connectivity index (χ1n) is 12.4. The summed E-state index contributed by atoms with van der Waals surface area (Å²) in [6.45, 7) is 11.2. The Morgan fingerprint density at radius 2 is 1.92 bits per heavy atom. The molecule has 0 unspecified atom stereocenters. The van der Waals surface area contributed by atoms with Crippen LogP contribution in [0.4, 0.5) is 11.8 Å². The molecule has 10 nitrogen and oxygen atoms in total. The Kier molecular flexibility index (Phi) is 7.42. The molecular formula is C26H36N6O4. The van der Waals surface area contributed by atoms with Crippen molar-refractivity contribution in [3.05, 3.63) is 30.0 Å². The number of ether oxygens (including phenoxy) is 2. The predicted octanol–water partition coefficient (Wildman–Crippen LogP) is 3.43. The van der Waals surface area contributed by atoms with Crippen molar-refractivity contribution in [3.63, 3.8) is 0 Å². The number of benzene rings is 1. The number of methoxy groups -OCH3 is 1. The van der Waals surface area contributed by atoms with Crippen molar-refractivity contribution in [2.75, 3.05) is 56.7 Å². The van der Waals surface area contributed by atoms with Crippen molar-refractivity contribution in [3.8, 4) is 17.4 Å². The quantitative estimate of drug-likeness (QED) is 0.507. The highest BCUT2D eigenvalue weighted by Crippen LogP contribution is 2.36. The maximum atomic E-state index is 11.8. The van der Waals surface area contributed by atoms with Crippen LogP contribution in [0.25, 0.3) is 10.9 Å². The van der Waals surface area contributed by atoms with E-state index in [1.54, 1.807) is 14.0 Å². The number of carbonyl (C=O) groups excluding carboxylic acids is 1. The minimum Gasteiger partial charge on any atom is -0.496 e. The molecule has 0 saturated carbocycles. The number of hydrogen-bond donors (Lipinski definition) is 1. The van der Waals surface area contributed by atoms with Gasteiger partial charge in [0.25, 0.3) is 0 Å². The molecule has 3 heterocycles. The lowest BCUT2D eigenvalue weighted by molar-refractivity contribution is -0.129. The third kappa shape index (κ3) is 4.98. The first-order chi connectivity index (χ1) is 17.2. The summed E-state index contributed by atoms with van der Waals surface area (Å²) < 4.78 is 13.1. The number of rotatable bonds is 8. The van der Waals surface area contributed by atoms with Gasteiger partial charge in [-0.25, -0.2) is 4.98 Å². The highest BCUT2D eigenvalue weighted by Gasteiger charge is 2.25. The molecule has 0 atom stereocenters. The average Bonchev–Trinajstić information content (AvgIpc) is 3.21. The maximum Gasteiger partial charge on any atom is 0.228 e. The number of amides is 1. The van der Waals surface area contributed by atoms with E-state index in [0.717, 1.165) is 28.3 Å². The average molecular weight is 497 g/mol. The van der Waals surface area contributed by atoms with Gasteiger partial charge >= 0.3 is 0 Å². The van der Waals surface area contributed by atoms with Crippen molar-refractivity contribution in [1.29, 1.82) is 0 Å². The zero-order chi connectivity index (χ0) is 26.0. The van der Waals surface area contributed by atoms with Crippen LogP contribution in [-0.2, 0) is 11.3 Å². The molecule has 0 bridgehead atoms. The summed E-state index contributed by atoms with van der Waals surface area (Å²) in [7, 11) is 3.62. The topological polar surface area (TPSA) is 96.2 Å². The SMILES string of the molecule is CCOc1ccc(CN(C)c2nc(N3CCN(C(C)=O)CC3)nc3c(O)n(C(C)C)cc23)c(OC)c1. The fourth-order valence-electron chi connectivity index (χ4n) is 4.55. The van der Waals surface area contributed by atoms with E-state index in [0.29, 0.717) is 50.8 Å². The molecule has 1 amide bonds. The van der Waals surface area contributed by atoms with Crippen molar-refractivity contribution in [2.45, 2.75) is 40.3 Å². The van der Waals surface area contributed by atoms with Crippen LogP contribution < -0.4 is 19.3 Å². The van der Waals surface area contributed by atoms with E-state index in [-0.39, 0.29) is 17.8 Å². The first kappa shape index (κ1) is 25.4. The summed E-state index contributed by atoms with van der Waals surface area (Å²) in [4.78, 5) is 27.4. The van der Waals surface area contributed by atoms with Crippen LogP contribution in [0, 0.1) is 0 Å². The molecule has 1 aliphatic heterocycles. The molecule has 194 valence electrons. The van der Waals surface area contributed by atoms with E-state index in [1.807, 2.05) is 66.6 Å². The molecule has 1 aromatic carbocycles. The van der Waals surface area contributed by atoms with Gasteiger partial charge < -0.3 is 33.8 Å². The van der Waals surface area contributed by atoms with Crippen LogP contribution in [-0.4, -0.2) is 77.4 Å². The second-order valence-electron chi connectivity index (χ2n) is 9.32. The second kappa shape index (κ2) is 10.5. The smallest absolute Gasteiger partial charge is 0.228 e. The van der Waals surface area contributed by atoms with Gasteiger partial charge in [0, 0.05) is 70.6 Å². The summed E-state index contributed by atoms with van der Waals surface area (Å²) in [6, 6.07) is 5.89. The van der Waals surface area contributed by atoms with Gasteiger partial charge in [0.1, 0.15) is 22.8 Å². The lowest BCUT2D eigenvalue weighted by Gasteiger charge is -2.34. The van der Waals surface area contributed by atoms with Crippen LogP contribution >= 0.6 is 0 Å². The number of carbonyl (C=O) groups is 1. The molecule has 4 rings (SSSR count). The largest absolute Gasteiger partial charge is 0.496 e. The Labute approximate surface area is 212 Å². The van der Waals surface area contributed by atoms with E-state index >= 15 is 0 Å². The molecule has 0 spiro atoms. The Balaban J connectivity index is 1.72. The minimum atomic E-state index is 0.0612. The number of piperazine rings is 1. The van der Waals surface area contributed by atoms with Crippen molar-refractivity contribution >= 4 is 28.6 Å². The normalized spacial score (nSPS) is 14.0. The standard InChI is InChI=1S/C26H36N6O4/c1-7-36-20-9-8-19(22(14-20)35-6)15-29(5)24-21-16-32(17(2)3)25(34)23(21)27-26(28-24)31-12-10-30(11-13-31)18(4)33/h8-9,14,16-17,34H,7,10-13,15H2,1-6H3. The summed E-state index contributed by atoms with van der Waals surface area (Å²) >= 11 is 0. The minimum absolute atomic E-state index is 0.0612. The van der Waals surface area contributed by atoms with E-state index in [1.165, 1.54) is 0 Å². The molecule has 36 heavy (non-hydrogen) atoms. The predicted molar refractivity (Wildman–Crippen MR) is 140 cm³/mol. The third-order valence-electron chi connectivity index (χ3n) is 6.54. The molecule has 1 saturated heterocycles. The highest BCUT2D eigenvalue weighted by molar-refractivity contribution is 5.94. The summed E-state index contributed by atoms with van der Waals surface area (Å²) in [5.74, 6) is 2.96. The fourth-order valence-corrected chi connectivity index (χ4v) is 4.55. The number of fused-ring (bicyclic) bond motifs is 1. The van der Waals surface area contributed by atoms with Crippen LogP contribution in [0.2, 0.25) is 0 Å². The Morgan fingerprint density at radius 1 is 1.19 bits per heavy atom. The lowest BCUT2D eigenvalue weighted by atomic mass is 10.1. The van der Waals surface area contributed by atoms with E-state index in [9.17, 15) is 9.90 Å². The molecule has 1 fully saturated rings. The third-order valence-corrected chi connectivity index (χ3v) is 6.54. The van der Waals surface area contributed by atoms with Crippen LogP contribution in [0.15, 0.2) is 24.4 Å². The van der Waals surface area contributed by atoms with Gasteiger partial charge in [-0.15, -0.1) is 0 Å². The van der Waals surface area contributed by atoms with Gasteiger partial charge in [-0.3, -0.25) is 4.79 Å². The van der Waals surface area contributed by atoms with E-state index < -0.39 is 0 Å². The first-order valence-corrected chi connectivity index (χ1v) is 12.4. The van der Waals surface area contributed by atoms with Gasteiger partial charge in [0.2, 0.25) is 17.7 Å². The maximum absolute atomic E-state index is 11.8. The summed E-state index contributed by atoms with van der Waals surface area (Å²) in [5.41, 5.74) is 1.50. The van der Waals surface area contributed by atoms with Gasteiger partial charge in [0.05, 0.1) is 19.1 Å². The highest BCUT2D eigenvalue weighted by atomic mass is 16.5. The van der Waals surface area contributed by atoms with E-state index in [4.69, 9.17) is 19.4 Å². The zero-order valence-corrected chi connectivity index (χ0v) is 22.0. The van der Waals surface area contributed by atoms with Crippen molar-refractivity contribution in [2.24, 2.45) is 0 Å². The van der Waals surface area contributed by atoms with Crippen molar-refractivity contribution < 1.29 is 19.4 Å². The monoisotopic (exact) mass is 496 g/mol. The Morgan fingerprint density at radius 3 is 2.53 bits per heavy atom. The van der Waals surface area contributed by atoms with Gasteiger partial charge in [-0.05, 0) is 32.9 Å². The van der Waals surface area contributed by atoms with Gasteiger partial charge in [0.15, 0.2) is 0 Å².